The second-order valence-electron chi connectivity index (χ2n) is 16.4. The van der Waals surface area contributed by atoms with Crippen LogP contribution < -0.4 is 0 Å². The average Bonchev–Trinajstić information content (AvgIpc) is 3.29. The number of ether oxygens (including phenoxy) is 3. The van der Waals surface area contributed by atoms with Gasteiger partial charge in [-0.15, -0.1) is 0 Å². The van der Waals surface area contributed by atoms with Gasteiger partial charge in [0.2, 0.25) is 0 Å². The number of rotatable bonds is 44. The number of carbonyl (C=O) groups is 3. The molecule has 0 spiro atoms. The van der Waals surface area contributed by atoms with Crippen LogP contribution in [0.1, 0.15) is 207 Å². The molecule has 0 radical (unpaired) electrons. The van der Waals surface area contributed by atoms with E-state index in [-0.39, 0.29) is 44.0 Å². The number of carbonyl (C=O) groups excluding carboxylic acids is 3. The maximum atomic E-state index is 12.8. The molecule has 64 heavy (non-hydrogen) atoms. The fourth-order valence-corrected chi connectivity index (χ4v) is 6.46. The van der Waals surface area contributed by atoms with Crippen molar-refractivity contribution >= 4 is 17.9 Å². The van der Waals surface area contributed by atoms with Gasteiger partial charge in [0, 0.05) is 19.3 Å². The first kappa shape index (κ1) is 59.8. The quantitative estimate of drug-likeness (QED) is 0.0199. The van der Waals surface area contributed by atoms with Gasteiger partial charge < -0.3 is 14.2 Å². The van der Waals surface area contributed by atoms with Crippen LogP contribution in [0.25, 0.3) is 0 Å². The molecule has 1 unspecified atom stereocenters. The standard InChI is InChI=1S/C58H92O6/c1-4-7-10-13-16-19-22-25-27-28-29-30-31-34-36-39-42-45-48-51-57(60)63-54-55(53-62-56(59)50-47-44-41-38-35-32-24-21-18-15-12-9-6-3)64-58(61)52-49-46-43-40-37-33-26-23-20-17-14-11-8-5-2/h7,9-10,12,15-16,18-19,21,24-25,27,29-30,33-34,36-37,42,45,55H,4-6,8,11,13-14,17,20,22-23,26,28,31-32,35,38-41,43-44,46-54H2,1-3H3/b10-7+,12-9+,18-15+,19-16+,24-21+,27-25+,30-29+,36-34+,37-33+,45-42+. The first-order chi connectivity index (χ1) is 31.5. The Hall–Kier alpha value is -4.19. The third kappa shape index (κ3) is 48.8. The molecule has 0 aromatic carbocycles. The summed E-state index contributed by atoms with van der Waals surface area (Å²) >= 11 is 0. The first-order valence-corrected chi connectivity index (χ1v) is 25.6. The zero-order chi connectivity index (χ0) is 46.5. The minimum Gasteiger partial charge on any atom is -0.462 e. The third-order valence-corrected chi connectivity index (χ3v) is 10.3. The van der Waals surface area contributed by atoms with Gasteiger partial charge in [-0.2, -0.15) is 0 Å². The second kappa shape index (κ2) is 51.4. The lowest BCUT2D eigenvalue weighted by Crippen LogP contribution is -2.30. The summed E-state index contributed by atoms with van der Waals surface area (Å²) in [4.78, 5) is 37.9. The minimum atomic E-state index is -0.827. The Kier molecular flexibility index (Phi) is 48.1. The number of hydrogen-bond acceptors (Lipinski definition) is 6. The number of unbranched alkanes of at least 4 members (excludes halogenated alkanes) is 15. The molecule has 0 heterocycles. The first-order valence-electron chi connectivity index (χ1n) is 25.6. The third-order valence-electron chi connectivity index (χ3n) is 10.3. The molecule has 360 valence electrons. The van der Waals surface area contributed by atoms with Gasteiger partial charge in [-0.05, 0) is 103 Å². The summed E-state index contributed by atoms with van der Waals surface area (Å²) in [5.74, 6) is -1.05. The Morgan fingerprint density at radius 2 is 0.719 bits per heavy atom. The van der Waals surface area contributed by atoms with Crippen LogP contribution in [0.2, 0.25) is 0 Å². The highest BCUT2D eigenvalue weighted by molar-refractivity contribution is 5.71. The molecule has 0 aliphatic heterocycles. The van der Waals surface area contributed by atoms with Gasteiger partial charge in [0.25, 0.3) is 0 Å². The van der Waals surface area contributed by atoms with Crippen LogP contribution in [-0.2, 0) is 28.6 Å². The molecule has 0 fully saturated rings. The predicted octanol–water partition coefficient (Wildman–Crippen LogP) is 16.9. The highest BCUT2D eigenvalue weighted by atomic mass is 16.6. The SMILES string of the molecule is CC/C=C/C=C/C=C/CCCCCCCC(=O)OCC(COC(=O)CC/C=C/C/C=C/C/C=C/C/C=C/C/C=C/C/C=C/CC)OC(=O)CCCCC/C=C/CCCCCCCCC. The summed E-state index contributed by atoms with van der Waals surface area (Å²) in [7, 11) is 0. The maximum Gasteiger partial charge on any atom is 0.306 e. The van der Waals surface area contributed by atoms with E-state index < -0.39 is 6.10 Å². The van der Waals surface area contributed by atoms with Crippen molar-refractivity contribution in [1.82, 2.24) is 0 Å². The molecule has 0 aliphatic rings. The van der Waals surface area contributed by atoms with E-state index in [2.05, 4.69) is 124 Å². The van der Waals surface area contributed by atoms with Gasteiger partial charge in [-0.3, -0.25) is 14.4 Å². The average molecular weight is 885 g/mol. The van der Waals surface area contributed by atoms with Gasteiger partial charge in [0.1, 0.15) is 13.2 Å². The Balaban J connectivity index is 4.56. The molecule has 0 aromatic rings. The van der Waals surface area contributed by atoms with Crippen molar-refractivity contribution < 1.29 is 28.6 Å². The lowest BCUT2D eigenvalue weighted by molar-refractivity contribution is -0.166. The molecule has 0 N–H and O–H groups in total. The molecule has 6 heteroatoms. The number of hydrogen-bond donors (Lipinski definition) is 0. The number of esters is 3. The zero-order valence-corrected chi connectivity index (χ0v) is 41.0. The van der Waals surface area contributed by atoms with Crippen molar-refractivity contribution in [3.05, 3.63) is 122 Å². The molecule has 0 aliphatic carbocycles. The van der Waals surface area contributed by atoms with Crippen LogP contribution >= 0.6 is 0 Å². The Morgan fingerprint density at radius 3 is 1.23 bits per heavy atom. The highest BCUT2D eigenvalue weighted by Gasteiger charge is 2.19. The van der Waals surface area contributed by atoms with Crippen LogP contribution in [0, 0.1) is 0 Å². The summed E-state index contributed by atoms with van der Waals surface area (Å²) in [6, 6.07) is 0. The molecule has 0 aromatic heterocycles. The van der Waals surface area contributed by atoms with Gasteiger partial charge in [-0.1, -0.05) is 206 Å². The van der Waals surface area contributed by atoms with Crippen LogP contribution in [0.5, 0.6) is 0 Å². The largest absolute Gasteiger partial charge is 0.462 e. The summed E-state index contributed by atoms with van der Waals surface area (Å²) in [6.45, 7) is 6.27. The van der Waals surface area contributed by atoms with E-state index in [0.717, 1.165) is 116 Å². The fourth-order valence-electron chi connectivity index (χ4n) is 6.46. The normalized spacial score (nSPS) is 13.1. The molecule has 6 nitrogen and oxygen atoms in total. The van der Waals surface area contributed by atoms with E-state index >= 15 is 0 Å². The van der Waals surface area contributed by atoms with Crippen LogP contribution in [0.4, 0.5) is 0 Å². The lowest BCUT2D eigenvalue weighted by Gasteiger charge is -2.18. The van der Waals surface area contributed by atoms with Crippen molar-refractivity contribution in [2.45, 2.75) is 213 Å². The maximum absolute atomic E-state index is 12.8. The summed E-state index contributed by atoms with van der Waals surface area (Å²) in [5, 5.41) is 0. The van der Waals surface area contributed by atoms with Crippen molar-refractivity contribution in [2.24, 2.45) is 0 Å². The molecule has 1 atom stereocenters. The highest BCUT2D eigenvalue weighted by Crippen LogP contribution is 2.12. The summed E-state index contributed by atoms with van der Waals surface area (Å²) < 4.78 is 16.7. The van der Waals surface area contributed by atoms with Crippen molar-refractivity contribution in [3.63, 3.8) is 0 Å². The van der Waals surface area contributed by atoms with E-state index in [0.29, 0.717) is 12.8 Å². The summed E-state index contributed by atoms with van der Waals surface area (Å²) in [6.07, 6.45) is 70.5. The lowest BCUT2D eigenvalue weighted by atomic mass is 10.1. The van der Waals surface area contributed by atoms with Crippen molar-refractivity contribution in [1.29, 1.82) is 0 Å². The zero-order valence-electron chi connectivity index (χ0n) is 41.0. The van der Waals surface area contributed by atoms with E-state index in [1.165, 1.54) is 44.9 Å². The molecular weight excluding hydrogens is 793 g/mol. The predicted molar refractivity (Wildman–Crippen MR) is 274 cm³/mol. The summed E-state index contributed by atoms with van der Waals surface area (Å²) in [5.41, 5.74) is 0. The minimum absolute atomic E-state index is 0.121. The van der Waals surface area contributed by atoms with Crippen LogP contribution in [0.3, 0.4) is 0 Å². The van der Waals surface area contributed by atoms with Crippen molar-refractivity contribution in [2.75, 3.05) is 13.2 Å². The molecule has 0 bridgehead atoms. The molecule has 0 amide bonds. The fraction of sp³-hybridized carbons (Fsp3) is 0.603. The van der Waals surface area contributed by atoms with Gasteiger partial charge in [0.15, 0.2) is 6.10 Å². The molecule has 0 saturated heterocycles. The molecular formula is C58H92O6. The van der Waals surface area contributed by atoms with E-state index in [9.17, 15) is 14.4 Å². The smallest absolute Gasteiger partial charge is 0.306 e. The molecule has 0 rings (SSSR count). The van der Waals surface area contributed by atoms with E-state index in [1.807, 2.05) is 18.2 Å². The molecule has 0 saturated carbocycles. The Morgan fingerprint density at radius 1 is 0.344 bits per heavy atom. The van der Waals surface area contributed by atoms with Gasteiger partial charge in [-0.25, -0.2) is 0 Å². The van der Waals surface area contributed by atoms with E-state index in [4.69, 9.17) is 14.2 Å². The van der Waals surface area contributed by atoms with Crippen LogP contribution in [0.15, 0.2) is 122 Å². The van der Waals surface area contributed by atoms with E-state index in [1.54, 1.807) is 0 Å². The van der Waals surface area contributed by atoms with Crippen molar-refractivity contribution in [3.8, 4) is 0 Å². The Labute approximate surface area is 392 Å². The topological polar surface area (TPSA) is 78.9 Å². The van der Waals surface area contributed by atoms with Gasteiger partial charge in [0.05, 0.1) is 0 Å². The van der Waals surface area contributed by atoms with Gasteiger partial charge >= 0.3 is 17.9 Å². The monoisotopic (exact) mass is 885 g/mol. The second-order valence-corrected chi connectivity index (χ2v) is 16.4. The number of allylic oxidation sites excluding steroid dienone is 20. The van der Waals surface area contributed by atoms with Crippen LogP contribution in [-0.4, -0.2) is 37.2 Å². The Bertz CT molecular complexity index is 1390.